The zero-order valence-corrected chi connectivity index (χ0v) is 14.5. The number of hydrogen-bond acceptors (Lipinski definition) is 1. The van der Waals surface area contributed by atoms with E-state index >= 15 is 0 Å². The lowest BCUT2D eigenvalue weighted by molar-refractivity contribution is -0.130. The highest BCUT2D eigenvalue weighted by molar-refractivity contribution is 9.09. The first-order valence-corrected chi connectivity index (χ1v) is 9.97. The van der Waals surface area contributed by atoms with Crippen LogP contribution in [-0.4, -0.2) is 16.8 Å². The van der Waals surface area contributed by atoms with E-state index in [2.05, 4.69) is 21.2 Å². The monoisotopic (exact) mass is 353 g/mol. The number of amides is 1. The van der Waals surface area contributed by atoms with E-state index in [4.69, 9.17) is 0 Å². The lowest BCUT2D eigenvalue weighted by Gasteiger charge is -2.56. The fraction of sp³-hybridized carbons (Fsp3) is 0.944. The Morgan fingerprint density at radius 2 is 1.57 bits per heavy atom. The number of alkyl halides is 1. The van der Waals surface area contributed by atoms with Crippen molar-refractivity contribution in [1.29, 1.82) is 0 Å². The molecule has 118 valence electrons. The molecule has 0 heterocycles. The molecule has 0 radical (unpaired) electrons. The van der Waals surface area contributed by atoms with E-state index in [1.165, 1.54) is 57.8 Å². The molecule has 5 aliphatic rings. The maximum absolute atomic E-state index is 12.6. The van der Waals surface area contributed by atoms with Crippen LogP contribution >= 0.6 is 15.9 Å². The zero-order chi connectivity index (χ0) is 14.4. The Hall–Kier alpha value is -0.0500. The molecule has 5 rings (SSSR count). The van der Waals surface area contributed by atoms with E-state index in [-0.39, 0.29) is 0 Å². The highest BCUT2D eigenvalue weighted by Gasteiger charge is 2.51. The quantitative estimate of drug-likeness (QED) is 0.747. The van der Waals surface area contributed by atoms with Crippen molar-refractivity contribution in [2.45, 2.75) is 81.5 Å². The average molecular weight is 354 g/mol. The molecular weight excluding hydrogens is 326 g/mol. The van der Waals surface area contributed by atoms with Gasteiger partial charge < -0.3 is 5.32 Å². The molecule has 0 aromatic heterocycles. The number of rotatable bonds is 3. The third kappa shape index (κ3) is 2.92. The molecule has 0 spiro atoms. The lowest BCUT2D eigenvalue weighted by Crippen LogP contribution is -2.50. The van der Waals surface area contributed by atoms with Gasteiger partial charge in [0.15, 0.2) is 0 Å². The molecule has 1 amide bonds. The van der Waals surface area contributed by atoms with Crippen molar-refractivity contribution in [3.63, 3.8) is 0 Å². The van der Waals surface area contributed by atoms with Gasteiger partial charge in [0.25, 0.3) is 0 Å². The minimum Gasteiger partial charge on any atom is -0.352 e. The van der Waals surface area contributed by atoms with Gasteiger partial charge in [0.1, 0.15) is 0 Å². The maximum Gasteiger partial charge on any atom is 0.220 e. The van der Waals surface area contributed by atoms with Gasteiger partial charge in [0.2, 0.25) is 5.91 Å². The Morgan fingerprint density at radius 1 is 1.00 bits per heavy atom. The van der Waals surface area contributed by atoms with Crippen LogP contribution in [0.3, 0.4) is 0 Å². The Bertz CT molecular complexity index is 386. The van der Waals surface area contributed by atoms with Gasteiger partial charge in [-0.25, -0.2) is 0 Å². The Balaban J connectivity index is 1.38. The molecule has 2 nitrogen and oxygen atoms in total. The number of carbonyl (C=O) groups is 1. The van der Waals surface area contributed by atoms with Crippen LogP contribution in [0, 0.1) is 23.2 Å². The summed E-state index contributed by atoms with van der Waals surface area (Å²) in [4.78, 5) is 13.1. The molecule has 5 saturated carbocycles. The summed E-state index contributed by atoms with van der Waals surface area (Å²) in [6, 6.07) is 0.375. The molecule has 0 aromatic carbocycles. The second kappa shape index (κ2) is 5.54. The highest BCUT2D eigenvalue weighted by atomic mass is 79.9. The van der Waals surface area contributed by atoms with Crippen molar-refractivity contribution in [1.82, 2.24) is 5.32 Å². The number of nitrogens with one attached hydrogen (secondary N) is 1. The van der Waals surface area contributed by atoms with E-state index in [0.717, 1.165) is 30.6 Å². The molecule has 2 atom stereocenters. The van der Waals surface area contributed by atoms with E-state index in [0.29, 0.717) is 22.2 Å². The first-order chi connectivity index (χ1) is 10.1. The predicted octanol–water partition coefficient (Wildman–Crippen LogP) is 4.42. The van der Waals surface area contributed by atoms with Gasteiger partial charge in [-0.1, -0.05) is 28.8 Å². The largest absolute Gasteiger partial charge is 0.352 e. The normalized spacial score (nSPS) is 48.3. The molecule has 1 N–H and O–H groups in total. The summed E-state index contributed by atoms with van der Waals surface area (Å²) in [7, 11) is 0. The first kappa shape index (κ1) is 14.5. The summed E-state index contributed by atoms with van der Waals surface area (Å²) >= 11 is 3.76. The third-order valence-corrected chi connectivity index (χ3v) is 7.82. The van der Waals surface area contributed by atoms with Crippen LogP contribution in [0.1, 0.15) is 70.6 Å². The SMILES string of the molecule is O=C(CC12CC3CC(CC(C3)C1)C2)NC1CCCCC1Br. The smallest absolute Gasteiger partial charge is 0.220 e. The number of carbonyl (C=O) groups excluding carboxylic acids is 1. The van der Waals surface area contributed by atoms with Crippen molar-refractivity contribution >= 4 is 21.8 Å². The first-order valence-electron chi connectivity index (χ1n) is 9.05. The van der Waals surface area contributed by atoms with Crippen LogP contribution in [0.4, 0.5) is 0 Å². The van der Waals surface area contributed by atoms with Gasteiger partial charge in [-0.3, -0.25) is 4.79 Å². The standard InChI is InChI=1S/C18H28BrNO/c19-15-3-1-2-4-16(15)20-17(21)11-18-8-12-5-13(9-18)7-14(6-12)10-18/h12-16H,1-11H2,(H,20,21). The van der Waals surface area contributed by atoms with Crippen LogP contribution in [0.5, 0.6) is 0 Å². The van der Waals surface area contributed by atoms with Crippen LogP contribution < -0.4 is 5.32 Å². The van der Waals surface area contributed by atoms with Gasteiger partial charge in [0, 0.05) is 17.3 Å². The van der Waals surface area contributed by atoms with E-state index in [1.54, 1.807) is 0 Å². The molecule has 2 unspecified atom stereocenters. The second-order valence-electron chi connectivity index (χ2n) is 8.57. The van der Waals surface area contributed by atoms with Gasteiger partial charge >= 0.3 is 0 Å². The van der Waals surface area contributed by atoms with Crippen molar-refractivity contribution in [2.75, 3.05) is 0 Å². The summed E-state index contributed by atoms with van der Waals surface area (Å²) < 4.78 is 0. The Labute approximate surface area is 136 Å². The van der Waals surface area contributed by atoms with Crippen molar-refractivity contribution in [3.05, 3.63) is 0 Å². The van der Waals surface area contributed by atoms with E-state index in [1.807, 2.05) is 0 Å². The topological polar surface area (TPSA) is 29.1 Å². The van der Waals surface area contributed by atoms with Gasteiger partial charge in [0.05, 0.1) is 0 Å². The summed E-state index contributed by atoms with van der Waals surface area (Å²) in [5.74, 6) is 3.18. The van der Waals surface area contributed by atoms with E-state index < -0.39 is 0 Å². The fourth-order valence-electron chi connectivity index (χ4n) is 6.35. The highest BCUT2D eigenvalue weighted by Crippen LogP contribution is 2.61. The van der Waals surface area contributed by atoms with Crippen LogP contribution in [-0.2, 0) is 4.79 Å². The summed E-state index contributed by atoms with van der Waals surface area (Å²) in [5, 5.41) is 3.36. The minimum atomic E-state index is 0.341. The average Bonchev–Trinajstić information content (AvgIpc) is 2.39. The van der Waals surface area contributed by atoms with Crippen LogP contribution in [0.15, 0.2) is 0 Å². The molecule has 0 saturated heterocycles. The minimum absolute atomic E-state index is 0.341. The molecule has 5 aliphatic carbocycles. The molecule has 21 heavy (non-hydrogen) atoms. The Morgan fingerprint density at radius 3 is 2.14 bits per heavy atom. The second-order valence-corrected chi connectivity index (χ2v) is 9.74. The molecule has 4 bridgehead atoms. The molecule has 0 aromatic rings. The molecule has 0 aliphatic heterocycles. The summed E-state index contributed by atoms with van der Waals surface area (Å²) in [5.41, 5.74) is 0.384. The Kier molecular flexibility index (Phi) is 3.84. The maximum atomic E-state index is 12.6. The van der Waals surface area contributed by atoms with Crippen molar-refractivity contribution < 1.29 is 4.79 Å². The van der Waals surface area contributed by atoms with Gasteiger partial charge in [-0.05, 0) is 74.5 Å². The van der Waals surface area contributed by atoms with Crippen molar-refractivity contribution in [2.24, 2.45) is 23.2 Å². The van der Waals surface area contributed by atoms with Gasteiger partial charge in [-0.15, -0.1) is 0 Å². The number of hydrogen-bond donors (Lipinski definition) is 1. The molecule has 3 heteroatoms. The van der Waals surface area contributed by atoms with Crippen LogP contribution in [0.2, 0.25) is 0 Å². The number of halogens is 1. The fourth-order valence-corrected chi connectivity index (χ4v) is 7.07. The third-order valence-electron chi connectivity index (χ3n) is 6.73. The van der Waals surface area contributed by atoms with Crippen LogP contribution in [0.25, 0.3) is 0 Å². The predicted molar refractivity (Wildman–Crippen MR) is 88.3 cm³/mol. The lowest BCUT2D eigenvalue weighted by atomic mass is 9.49. The summed E-state index contributed by atoms with van der Waals surface area (Å²) in [6.07, 6.45) is 14.2. The zero-order valence-electron chi connectivity index (χ0n) is 13.0. The van der Waals surface area contributed by atoms with Crippen molar-refractivity contribution in [3.8, 4) is 0 Å². The summed E-state index contributed by atoms with van der Waals surface area (Å²) in [6.45, 7) is 0. The molecular formula is C18H28BrNO. The molecule has 5 fully saturated rings. The van der Waals surface area contributed by atoms with Gasteiger partial charge in [-0.2, -0.15) is 0 Å². The van der Waals surface area contributed by atoms with E-state index in [9.17, 15) is 4.79 Å².